The van der Waals surface area contributed by atoms with Gasteiger partial charge in [-0.2, -0.15) is 0 Å². The van der Waals surface area contributed by atoms with E-state index >= 15 is 0 Å². The Bertz CT molecular complexity index is 688. The molecule has 1 aliphatic heterocycles. The van der Waals surface area contributed by atoms with Gasteiger partial charge in [0.2, 0.25) is 10.0 Å². The second-order valence-electron chi connectivity index (χ2n) is 5.67. The third-order valence-electron chi connectivity index (χ3n) is 3.93. The fourth-order valence-electron chi connectivity index (χ4n) is 2.85. The molecule has 0 saturated carbocycles. The number of carbonyl (C=O) groups excluding carboxylic acids is 2. The van der Waals surface area contributed by atoms with Crippen molar-refractivity contribution in [2.45, 2.75) is 50.1 Å². The molecular formula is C14H20N2O5S2. The van der Waals surface area contributed by atoms with E-state index in [4.69, 9.17) is 9.88 Å². The lowest BCUT2D eigenvalue weighted by Gasteiger charge is -2.38. The first-order chi connectivity index (χ1) is 10.7. The van der Waals surface area contributed by atoms with Crippen molar-refractivity contribution in [1.82, 2.24) is 4.90 Å². The Morgan fingerprint density at radius 2 is 1.96 bits per heavy atom. The highest BCUT2D eigenvalue weighted by atomic mass is 32.2. The summed E-state index contributed by atoms with van der Waals surface area (Å²) in [6.45, 7) is 3.52. The summed E-state index contributed by atoms with van der Waals surface area (Å²) in [5.74, 6) is -1.12. The van der Waals surface area contributed by atoms with Gasteiger partial charge in [0, 0.05) is 12.1 Å². The number of primary sulfonamides is 1. The zero-order valence-corrected chi connectivity index (χ0v) is 14.7. The summed E-state index contributed by atoms with van der Waals surface area (Å²) < 4.78 is 27.8. The Balaban J connectivity index is 2.02. The number of amides is 1. The third-order valence-corrected chi connectivity index (χ3v) is 5.91. The summed E-state index contributed by atoms with van der Waals surface area (Å²) in [6.07, 6.45) is 2.91. The molecular weight excluding hydrogens is 340 g/mol. The number of nitrogens with zero attached hydrogens (tertiary/aromatic N) is 1. The van der Waals surface area contributed by atoms with E-state index in [1.54, 1.807) is 4.90 Å². The van der Waals surface area contributed by atoms with Gasteiger partial charge >= 0.3 is 5.97 Å². The number of hydrogen-bond acceptors (Lipinski definition) is 6. The summed E-state index contributed by atoms with van der Waals surface area (Å²) in [6, 6.07) is 1.45. The fraction of sp³-hybridized carbons (Fsp3) is 0.571. The Hall–Kier alpha value is -1.45. The lowest BCUT2D eigenvalue weighted by Crippen LogP contribution is -2.49. The standard InChI is InChI=1S/C14H20N2O5S2/c1-9-4-3-5-10(2)16(9)12(17)8-21-14(18)13-11(6-7-22-13)23(15,19)20/h6-7,9-10H,3-5,8H2,1-2H3,(H2,15,19,20)/t9-,10+. The van der Waals surface area contributed by atoms with E-state index in [1.807, 2.05) is 13.8 Å². The molecule has 1 aromatic heterocycles. The van der Waals surface area contributed by atoms with Gasteiger partial charge in [-0.3, -0.25) is 4.79 Å². The summed E-state index contributed by atoms with van der Waals surface area (Å²) >= 11 is 0.914. The van der Waals surface area contributed by atoms with Crippen molar-refractivity contribution in [3.05, 3.63) is 16.3 Å². The topological polar surface area (TPSA) is 107 Å². The van der Waals surface area contributed by atoms with Crippen molar-refractivity contribution in [3.8, 4) is 0 Å². The van der Waals surface area contributed by atoms with Gasteiger partial charge in [0.1, 0.15) is 9.77 Å². The molecule has 0 aromatic carbocycles. The van der Waals surface area contributed by atoms with Crippen molar-refractivity contribution in [2.75, 3.05) is 6.61 Å². The molecule has 0 spiro atoms. The lowest BCUT2D eigenvalue weighted by molar-refractivity contribution is -0.140. The molecule has 9 heteroatoms. The molecule has 23 heavy (non-hydrogen) atoms. The number of thiophene rings is 1. The van der Waals surface area contributed by atoms with Crippen LogP contribution in [0.5, 0.6) is 0 Å². The largest absolute Gasteiger partial charge is 0.451 e. The molecule has 128 valence electrons. The summed E-state index contributed by atoms with van der Waals surface area (Å²) in [7, 11) is -4.00. The first-order valence-electron chi connectivity index (χ1n) is 7.30. The molecule has 2 heterocycles. The molecule has 0 aliphatic carbocycles. The van der Waals surface area contributed by atoms with Crippen LogP contribution in [0.3, 0.4) is 0 Å². The molecule has 2 rings (SSSR count). The highest BCUT2D eigenvalue weighted by molar-refractivity contribution is 7.89. The summed E-state index contributed by atoms with van der Waals surface area (Å²) in [5, 5.41) is 6.48. The molecule has 1 amide bonds. The van der Waals surface area contributed by atoms with Crippen LogP contribution in [0, 0.1) is 0 Å². The Labute approximate surface area is 139 Å². The molecule has 2 N–H and O–H groups in total. The average molecular weight is 360 g/mol. The SMILES string of the molecule is C[C@@H]1CCC[C@H](C)N1C(=O)COC(=O)c1sccc1S(N)(=O)=O. The normalized spacial score (nSPS) is 22.0. The van der Waals surface area contributed by atoms with Gasteiger partial charge in [-0.25, -0.2) is 18.4 Å². The molecule has 0 unspecified atom stereocenters. The van der Waals surface area contributed by atoms with Gasteiger partial charge < -0.3 is 9.64 Å². The van der Waals surface area contributed by atoms with Crippen molar-refractivity contribution >= 4 is 33.2 Å². The Morgan fingerprint density at radius 3 is 2.52 bits per heavy atom. The number of likely N-dealkylation sites (tertiary alicyclic amines) is 1. The average Bonchev–Trinajstić information content (AvgIpc) is 2.94. The number of hydrogen-bond donors (Lipinski definition) is 1. The van der Waals surface area contributed by atoms with Gasteiger partial charge in [0.25, 0.3) is 5.91 Å². The number of piperidine rings is 1. The zero-order chi connectivity index (χ0) is 17.2. The van der Waals surface area contributed by atoms with E-state index in [1.165, 1.54) is 11.4 Å². The summed E-state index contributed by atoms with van der Waals surface area (Å²) in [4.78, 5) is 25.6. The third kappa shape index (κ3) is 4.10. The maximum absolute atomic E-state index is 12.3. The maximum atomic E-state index is 12.3. The van der Waals surface area contributed by atoms with E-state index in [9.17, 15) is 18.0 Å². The second kappa shape index (κ2) is 6.98. The molecule has 1 saturated heterocycles. The van der Waals surface area contributed by atoms with Crippen molar-refractivity contribution < 1.29 is 22.7 Å². The van der Waals surface area contributed by atoms with Crippen LogP contribution in [0.1, 0.15) is 42.8 Å². The van der Waals surface area contributed by atoms with Crippen LogP contribution in [0.15, 0.2) is 16.3 Å². The molecule has 0 radical (unpaired) electrons. The van der Waals surface area contributed by atoms with Crippen LogP contribution in [-0.4, -0.2) is 43.9 Å². The molecule has 7 nitrogen and oxygen atoms in total. The van der Waals surface area contributed by atoms with E-state index in [2.05, 4.69) is 0 Å². The smallest absolute Gasteiger partial charge is 0.350 e. The molecule has 1 fully saturated rings. The highest BCUT2D eigenvalue weighted by Gasteiger charge is 2.30. The van der Waals surface area contributed by atoms with E-state index in [0.29, 0.717) is 0 Å². The van der Waals surface area contributed by atoms with Crippen molar-refractivity contribution in [3.63, 3.8) is 0 Å². The number of nitrogens with two attached hydrogens (primary N) is 1. The van der Waals surface area contributed by atoms with Crippen LogP contribution in [0.25, 0.3) is 0 Å². The molecule has 1 aromatic rings. The van der Waals surface area contributed by atoms with Crippen LogP contribution >= 0.6 is 11.3 Å². The van der Waals surface area contributed by atoms with Crippen LogP contribution in [0.4, 0.5) is 0 Å². The number of esters is 1. The van der Waals surface area contributed by atoms with Crippen LogP contribution in [-0.2, 0) is 19.6 Å². The van der Waals surface area contributed by atoms with Gasteiger partial charge in [-0.05, 0) is 44.6 Å². The minimum atomic E-state index is -4.00. The quantitative estimate of drug-likeness (QED) is 0.816. The van der Waals surface area contributed by atoms with Crippen molar-refractivity contribution in [2.24, 2.45) is 5.14 Å². The van der Waals surface area contributed by atoms with Crippen molar-refractivity contribution in [1.29, 1.82) is 0 Å². The first kappa shape index (κ1) is 17.9. The predicted molar refractivity (Wildman–Crippen MR) is 85.6 cm³/mol. The lowest BCUT2D eigenvalue weighted by atomic mass is 9.97. The van der Waals surface area contributed by atoms with Crippen LogP contribution in [0.2, 0.25) is 0 Å². The fourth-order valence-corrected chi connectivity index (χ4v) is 4.71. The Kier molecular flexibility index (Phi) is 5.43. The molecule has 2 atom stereocenters. The van der Waals surface area contributed by atoms with E-state index in [-0.39, 0.29) is 27.8 Å². The van der Waals surface area contributed by atoms with Gasteiger partial charge in [0.15, 0.2) is 6.61 Å². The van der Waals surface area contributed by atoms with Gasteiger partial charge in [0.05, 0.1) is 0 Å². The molecule has 0 bridgehead atoms. The number of carbonyl (C=O) groups is 2. The minimum Gasteiger partial charge on any atom is -0.451 e. The second-order valence-corrected chi connectivity index (χ2v) is 8.11. The predicted octanol–water partition coefficient (Wildman–Crippen LogP) is 1.34. The molecule has 1 aliphatic rings. The summed E-state index contributed by atoms with van der Waals surface area (Å²) in [5.41, 5.74) is 0. The highest BCUT2D eigenvalue weighted by Crippen LogP contribution is 2.24. The van der Waals surface area contributed by atoms with Crippen LogP contribution < -0.4 is 5.14 Å². The minimum absolute atomic E-state index is 0.103. The number of ether oxygens (including phenoxy) is 1. The van der Waals surface area contributed by atoms with Gasteiger partial charge in [-0.15, -0.1) is 11.3 Å². The first-order valence-corrected chi connectivity index (χ1v) is 9.73. The number of rotatable bonds is 4. The zero-order valence-electron chi connectivity index (χ0n) is 13.0. The van der Waals surface area contributed by atoms with E-state index in [0.717, 1.165) is 30.6 Å². The Morgan fingerprint density at radius 1 is 1.35 bits per heavy atom. The number of sulfonamides is 1. The monoisotopic (exact) mass is 360 g/mol. The maximum Gasteiger partial charge on any atom is 0.350 e. The van der Waals surface area contributed by atoms with E-state index < -0.39 is 22.6 Å². The van der Waals surface area contributed by atoms with Gasteiger partial charge in [-0.1, -0.05) is 0 Å².